The first kappa shape index (κ1) is 21.2. The van der Waals surface area contributed by atoms with Crippen LogP contribution in [0.1, 0.15) is 39.0 Å². The lowest BCUT2D eigenvalue weighted by Crippen LogP contribution is -2.36. The maximum atomic E-state index is 12.5. The number of benzene rings is 1. The van der Waals surface area contributed by atoms with Crippen molar-refractivity contribution in [1.29, 1.82) is 0 Å². The largest absolute Gasteiger partial charge is 0.486 e. The van der Waals surface area contributed by atoms with Gasteiger partial charge in [-0.15, -0.1) is 0 Å². The number of aromatic nitrogens is 2. The zero-order valence-corrected chi connectivity index (χ0v) is 18.1. The Kier molecular flexibility index (Phi) is 7.07. The highest BCUT2D eigenvalue weighted by atomic mass is 16.6. The summed E-state index contributed by atoms with van der Waals surface area (Å²) in [5.74, 6) is 3.74. The molecule has 2 aliphatic rings. The van der Waals surface area contributed by atoms with E-state index in [9.17, 15) is 4.79 Å². The Morgan fingerprint density at radius 1 is 1.19 bits per heavy atom. The molecule has 8 nitrogen and oxygen atoms in total. The molecule has 4 rings (SSSR count). The number of carbonyl (C=O) groups is 1. The van der Waals surface area contributed by atoms with Crippen molar-refractivity contribution < 1.29 is 14.3 Å². The fourth-order valence-corrected chi connectivity index (χ4v) is 4.06. The second-order valence-electron chi connectivity index (χ2n) is 8.09. The normalized spacial score (nSPS) is 17.8. The van der Waals surface area contributed by atoms with E-state index in [0.29, 0.717) is 31.3 Å². The van der Waals surface area contributed by atoms with Crippen LogP contribution in [0.2, 0.25) is 0 Å². The van der Waals surface area contributed by atoms with Gasteiger partial charge in [0.25, 0.3) is 0 Å². The van der Waals surface area contributed by atoms with Gasteiger partial charge in [0.15, 0.2) is 11.5 Å². The van der Waals surface area contributed by atoms with Gasteiger partial charge in [-0.2, -0.15) is 0 Å². The fourth-order valence-electron chi connectivity index (χ4n) is 4.06. The Bertz CT molecular complexity index is 891. The number of ether oxygens (including phenoxy) is 2. The molecule has 166 valence electrons. The van der Waals surface area contributed by atoms with Crippen LogP contribution < -0.4 is 25.0 Å². The highest BCUT2D eigenvalue weighted by Crippen LogP contribution is 2.33. The minimum absolute atomic E-state index is 0.0295. The van der Waals surface area contributed by atoms with Crippen LogP contribution in [0.25, 0.3) is 0 Å². The van der Waals surface area contributed by atoms with Gasteiger partial charge in [0, 0.05) is 43.9 Å². The van der Waals surface area contributed by atoms with Gasteiger partial charge in [0.05, 0.1) is 0 Å². The molecule has 2 aliphatic heterocycles. The van der Waals surface area contributed by atoms with Gasteiger partial charge in [-0.25, -0.2) is 9.97 Å². The van der Waals surface area contributed by atoms with E-state index in [0.717, 1.165) is 68.4 Å². The summed E-state index contributed by atoms with van der Waals surface area (Å²) in [6.45, 7) is 6.03. The lowest BCUT2D eigenvalue weighted by molar-refractivity contribution is -0.116. The summed E-state index contributed by atoms with van der Waals surface area (Å²) in [5, 5.41) is 6.30. The van der Waals surface area contributed by atoms with Gasteiger partial charge in [-0.05, 0) is 43.7 Å². The predicted molar refractivity (Wildman–Crippen MR) is 121 cm³/mol. The Balaban J connectivity index is 1.27. The number of carbonyl (C=O) groups excluding carboxylic acids is 1. The third-order valence-corrected chi connectivity index (χ3v) is 5.66. The molecule has 0 spiro atoms. The van der Waals surface area contributed by atoms with E-state index < -0.39 is 0 Å². The second kappa shape index (κ2) is 10.3. The first-order valence-electron chi connectivity index (χ1n) is 11.2. The third kappa shape index (κ3) is 5.77. The molecule has 1 fully saturated rings. The van der Waals surface area contributed by atoms with Crippen molar-refractivity contribution in [3.63, 3.8) is 0 Å². The number of amides is 1. The third-order valence-electron chi connectivity index (χ3n) is 5.66. The number of nitrogens with zero attached hydrogens (tertiary/aromatic N) is 3. The second-order valence-corrected chi connectivity index (χ2v) is 8.09. The van der Waals surface area contributed by atoms with Crippen molar-refractivity contribution in [3.8, 4) is 11.5 Å². The van der Waals surface area contributed by atoms with Gasteiger partial charge in [0.1, 0.15) is 31.2 Å². The molecule has 1 atom stereocenters. The molecule has 0 aliphatic carbocycles. The average Bonchev–Trinajstić information content (AvgIpc) is 2.82. The summed E-state index contributed by atoms with van der Waals surface area (Å²) in [6, 6.07) is 7.54. The molecule has 1 amide bonds. The van der Waals surface area contributed by atoms with Crippen LogP contribution >= 0.6 is 0 Å². The Labute approximate surface area is 183 Å². The molecule has 2 aromatic rings. The van der Waals surface area contributed by atoms with E-state index in [1.54, 1.807) is 6.33 Å². The summed E-state index contributed by atoms with van der Waals surface area (Å²) in [6.07, 6.45) is 6.28. The van der Waals surface area contributed by atoms with Gasteiger partial charge >= 0.3 is 0 Å². The lowest BCUT2D eigenvalue weighted by atomic mass is 9.93. The zero-order chi connectivity index (χ0) is 21.5. The predicted octanol–water partition coefficient (Wildman–Crippen LogP) is 3.71. The van der Waals surface area contributed by atoms with E-state index >= 15 is 0 Å². The van der Waals surface area contributed by atoms with E-state index in [2.05, 4.69) is 32.4 Å². The summed E-state index contributed by atoms with van der Waals surface area (Å²) in [4.78, 5) is 23.6. The van der Waals surface area contributed by atoms with Crippen LogP contribution in [0, 0.1) is 5.92 Å². The van der Waals surface area contributed by atoms with Gasteiger partial charge in [-0.3, -0.25) is 4.79 Å². The van der Waals surface area contributed by atoms with Crippen molar-refractivity contribution >= 4 is 23.2 Å². The molecule has 31 heavy (non-hydrogen) atoms. The van der Waals surface area contributed by atoms with E-state index in [4.69, 9.17) is 9.47 Å². The summed E-state index contributed by atoms with van der Waals surface area (Å²) in [7, 11) is 0. The Hall–Kier alpha value is -3.03. The standard InChI is InChI=1S/C23H31N5O3/c1-2-9-24-21-14-22(26-16-25-21)28-10-3-4-17(15-28)5-8-23(29)27-18-6-7-19-20(13-18)31-12-11-30-19/h6-7,13-14,16-17H,2-5,8-12,15H2,1H3,(H,27,29)(H,24,25,26). The number of hydrogen-bond acceptors (Lipinski definition) is 7. The summed E-state index contributed by atoms with van der Waals surface area (Å²) < 4.78 is 11.1. The minimum Gasteiger partial charge on any atom is -0.486 e. The number of rotatable bonds is 8. The fraction of sp³-hybridized carbons (Fsp3) is 0.522. The minimum atomic E-state index is 0.0295. The molecular weight excluding hydrogens is 394 g/mol. The number of nitrogens with one attached hydrogen (secondary N) is 2. The number of anilines is 3. The average molecular weight is 426 g/mol. The molecule has 1 aromatic heterocycles. The first-order chi connectivity index (χ1) is 15.2. The molecule has 0 saturated carbocycles. The molecule has 1 saturated heterocycles. The van der Waals surface area contributed by atoms with Crippen LogP contribution in [-0.4, -0.2) is 48.7 Å². The Morgan fingerprint density at radius 3 is 2.94 bits per heavy atom. The van der Waals surface area contributed by atoms with Crippen molar-refractivity contribution in [3.05, 3.63) is 30.6 Å². The monoisotopic (exact) mass is 425 g/mol. The SMILES string of the molecule is CCCNc1cc(N2CCCC(CCC(=O)Nc3ccc4c(c3)OCCO4)C2)ncn1. The molecule has 1 aromatic carbocycles. The van der Waals surface area contributed by atoms with Crippen molar-refractivity contribution in [2.45, 2.75) is 39.0 Å². The van der Waals surface area contributed by atoms with Crippen LogP contribution in [0.15, 0.2) is 30.6 Å². The van der Waals surface area contributed by atoms with Gasteiger partial charge < -0.3 is 25.0 Å². The topological polar surface area (TPSA) is 88.6 Å². The molecule has 3 heterocycles. The van der Waals surface area contributed by atoms with Crippen molar-refractivity contribution in [2.75, 3.05) is 48.4 Å². The maximum Gasteiger partial charge on any atom is 0.224 e. The molecular formula is C23H31N5O3. The zero-order valence-electron chi connectivity index (χ0n) is 18.1. The molecule has 0 bridgehead atoms. The quantitative estimate of drug-likeness (QED) is 0.666. The molecule has 1 unspecified atom stereocenters. The van der Waals surface area contributed by atoms with Crippen LogP contribution in [0.3, 0.4) is 0 Å². The summed E-state index contributed by atoms with van der Waals surface area (Å²) >= 11 is 0. The van der Waals surface area contributed by atoms with Crippen LogP contribution in [-0.2, 0) is 4.79 Å². The molecule has 2 N–H and O–H groups in total. The van der Waals surface area contributed by atoms with Crippen LogP contribution in [0.5, 0.6) is 11.5 Å². The van der Waals surface area contributed by atoms with Gasteiger partial charge in [0.2, 0.25) is 5.91 Å². The van der Waals surface area contributed by atoms with E-state index in [1.807, 2.05) is 24.3 Å². The summed E-state index contributed by atoms with van der Waals surface area (Å²) in [5.41, 5.74) is 0.743. The Morgan fingerprint density at radius 2 is 2.06 bits per heavy atom. The van der Waals surface area contributed by atoms with Crippen LogP contribution in [0.4, 0.5) is 17.3 Å². The first-order valence-corrected chi connectivity index (χ1v) is 11.2. The smallest absolute Gasteiger partial charge is 0.224 e. The van der Waals surface area contributed by atoms with Crippen molar-refractivity contribution in [2.24, 2.45) is 5.92 Å². The van der Waals surface area contributed by atoms with E-state index in [1.165, 1.54) is 0 Å². The maximum absolute atomic E-state index is 12.5. The molecule has 0 radical (unpaired) electrons. The van der Waals surface area contributed by atoms with E-state index in [-0.39, 0.29) is 5.91 Å². The number of hydrogen-bond donors (Lipinski definition) is 2. The highest BCUT2D eigenvalue weighted by molar-refractivity contribution is 5.91. The van der Waals surface area contributed by atoms with Crippen molar-refractivity contribution in [1.82, 2.24) is 9.97 Å². The van der Waals surface area contributed by atoms with Gasteiger partial charge in [-0.1, -0.05) is 6.92 Å². The number of fused-ring (bicyclic) bond motifs is 1. The highest BCUT2D eigenvalue weighted by Gasteiger charge is 2.22. The molecule has 8 heteroatoms. The number of piperidine rings is 1. The lowest BCUT2D eigenvalue weighted by Gasteiger charge is -2.33.